The summed E-state index contributed by atoms with van der Waals surface area (Å²) >= 11 is 0. The van der Waals surface area contributed by atoms with Crippen molar-refractivity contribution in [1.82, 2.24) is 4.98 Å². The maximum Gasteiger partial charge on any atom is 0.166 e. The van der Waals surface area contributed by atoms with Crippen LogP contribution in [0.25, 0.3) is 10.8 Å². The first-order valence-corrected chi connectivity index (χ1v) is 5.43. The number of benzene rings is 1. The van der Waals surface area contributed by atoms with E-state index in [0.29, 0.717) is 11.5 Å². The third-order valence-corrected chi connectivity index (χ3v) is 2.78. The number of methoxy groups -OCH3 is 2. The Balaban J connectivity index is 2.86. The second kappa shape index (κ2) is 4.59. The minimum Gasteiger partial charge on any atom is -0.493 e. The van der Waals surface area contributed by atoms with Gasteiger partial charge in [-0.1, -0.05) is 0 Å². The van der Waals surface area contributed by atoms with Gasteiger partial charge in [0.1, 0.15) is 0 Å². The summed E-state index contributed by atoms with van der Waals surface area (Å²) in [6.45, 7) is 1.93. The van der Waals surface area contributed by atoms with Crippen LogP contribution in [0.2, 0.25) is 0 Å². The van der Waals surface area contributed by atoms with E-state index in [2.05, 4.69) is 4.98 Å². The van der Waals surface area contributed by atoms with Gasteiger partial charge in [-0.2, -0.15) is 0 Å². The van der Waals surface area contributed by atoms with Gasteiger partial charge in [0.05, 0.1) is 14.2 Å². The first-order valence-electron chi connectivity index (χ1n) is 5.43. The predicted molar refractivity (Wildman–Crippen MR) is 67.4 cm³/mol. The molecule has 0 spiro atoms. The van der Waals surface area contributed by atoms with E-state index in [9.17, 15) is 0 Å². The fraction of sp³-hybridized carbons (Fsp3) is 0.308. The molecule has 0 saturated carbocycles. The molecule has 2 aromatic rings. The Labute approximate surface area is 100 Å². The zero-order chi connectivity index (χ0) is 12.4. The third-order valence-electron chi connectivity index (χ3n) is 2.78. The van der Waals surface area contributed by atoms with Crippen molar-refractivity contribution in [3.63, 3.8) is 0 Å². The van der Waals surface area contributed by atoms with Crippen LogP contribution >= 0.6 is 0 Å². The van der Waals surface area contributed by atoms with E-state index in [1.807, 2.05) is 19.1 Å². The minimum atomic E-state index is -0.134. The monoisotopic (exact) mass is 232 g/mol. The summed E-state index contributed by atoms with van der Waals surface area (Å²) in [6, 6.07) is 3.72. The highest BCUT2D eigenvalue weighted by atomic mass is 16.5. The van der Waals surface area contributed by atoms with Gasteiger partial charge in [-0.25, -0.2) is 0 Å². The van der Waals surface area contributed by atoms with Crippen LogP contribution in [0.5, 0.6) is 11.5 Å². The molecule has 1 atom stereocenters. The van der Waals surface area contributed by atoms with E-state index < -0.39 is 0 Å². The maximum atomic E-state index is 6.02. The summed E-state index contributed by atoms with van der Waals surface area (Å²) in [7, 11) is 3.24. The molecule has 0 saturated heterocycles. The molecule has 0 aliphatic rings. The molecule has 4 heteroatoms. The van der Waals surface area contributed by atoms with Gasteiger partial charge >= 0.3 is 0 Å². The SMILES string of the molecule is COc1cc2cnccc2c(C(C)N)c1OC. The Bertz CT molecular complexity index is 538. The van der Waals surface area contributed by atoms with Crippen LogP contribution in [0.1, 0.15) is 18.5 Å². The summed E-state index contributed by atoms with van der Waals surface area (Å²) in [6.07, 6.45) is 3.54. The van der Waals surface area contributed by atoms with Crippen molar-refractivity contribution in [3.8, 4) is 11.5 Å². The van der Waals surface area contributed by atoms with Gasteiger partial charge in [-0.15, -0.1) is 0 Å². The number of hydrogen-bond donors (Lipinski definition) is 1. The molecule has 0 aliphatic heterocycles. The summed E-state index contributed by atoms with van der Waals surface area (Å²) in [5.74, 6) is 1.38. The number of nitrogens with zero attached hydrogens (tertiary/aromatic N) is 1. The van der Waals surface area contributed by atoms with Crippen molar-refractivity contribution < 1.29 is 9.47 Å². The normalized spacial score (nSPS) is 12.5. The molecule has 2 N–H and O–H groups in total. The van der Waals surface area contributed by atoms with Crippen molar-refractivity contribution in [2.24, 2.45) is 5.73 Å². The molecular weight excluding hydrogens is 216 g/mol. The predicted octanol–water partition coefficient (Wildman–Crippen LogP) is 2.27. The number of ether oxygens (including phenoxy) is 2. The summed E-state index contributed by atoms with van der Waals surface area (Å²) < 4.78 is 10.7. The maximum absolute atomic E-state index is 6.02. The molecule has 0 amide bonds. The number of hydrogen-bond acceptors (Lipinski definition) is 4. The molecule has 0 bridgehead atoms. The standard InChI is InChI=1S/C13H16N2O2/c1-8(14)12-10-4-5-15-7-9(10)6-11(16-2)13(12)17-3/h4-8H,14H2,1-3H3. The first kappa shape index (κ1) is 11.7. The van der Waals surface area contributed by atoms with E-state index in [-0.39, 0.29) is 6.04 Å². The van der Waals surface area contributed by atoms with Crippen LogP contribution in [-0.4, -0.2) is 19.2 Å². The number of fused-ring (bicyclic) bond motifs is 1. The molecule has 1 unspecified atom stereocenters. The molecular formula is C13H16N2O2. The van der Waals surface area contributed by atoms with Crippen LogP contribution in [-0.2, 0) is 0 Å². The Hall–Kier alpha value is -1.81. The number of rotatable bonds is 3. The molecule has 90 valence electrons. The number of aromatic nitrogens is 1. The second-order valence-electron chi connectivity index (χ2n) is 3.91. The van der Waals surface area contributed by atoms with Crippen molar-refractivity contribution in [2.75, 3.05) is 14.2 Å². The van der Waals surface area contributed by atoms with Crippen molar-refractivity contribution in [3.05, 3.63) is 30.1 Å². The first-order chi connectivity index (χ1) is 8.19. The quantitative estimate of drug-likeness (QED) is 0.882. The molecule has 1 heterocycles. The molecule has 1 aromatic heterocycles. The van der Waals surface area contributed by atoms with Crippen molar-refractivity contribution >= 4 is 10.8 Å². The lowest BCUT2D eigenvalue weighted by Gasteiger charge is -2.17. The van der Waals surface area contributed by atoms with E-state index in [0.717, 1.165) is 16.3 Å². The number of pyridine rings is 1. The van der Waals surface area contributed by atoms with Gasteiger partial charge in [-0.05, 0) is 24.4 Å². The second-order valence-corrected chi connectivity index (χ2v) is 3.91. The topological polar surface area (TPSA) is 57.4 Å². The Morgan fingerprint density at radius 1 is 1.29 bits per heavy atom. The molecule has 0 fully saturated rings. The lowest BCUT2D eigenvalue weighted by molar-refractivity contribution is 0.351. The van der Waals surface area contributed by atoms with Crippen molar-refractivity contribution in [2.45, 2.75) is 13.0 Å². The fourth-order valence-corrected chi connectivity index (χ4v) is 2.04. The van der Waals surface area contributed by atoms with Gasteiger partial charge in [0.15, 0.2) is 11.5 Å². The van der Waals surface area contributed by atoms with E-state index in [1.54, 1.807) is 26.6 Å². The van der Waals surface area contributed by atoms with E-state index >= 15 is 0 Å². The average molecular weight is 232 g/mol. The van der Waals surface area contributed by atoms with Crippen LogP contribution in [0.4, 0.5) is 0 Å². The highest BCUT2D eigenvalue weighted by Crippen LogP contribution is 2.39. The van der Waals surface area contributed by atoms with Gasteiger partial charge in [0.2, 0.25) is 0 Å². The molecule has 4 nitrogen and oxygen atoms in total. The minimum absolute atomic E-state index is 0.134. The largest absolute Gasteiger partial charge is 0.493 e. The summed E-state index contributed by atoms with van der Waals surface area (Å²) in [5, 5.41) is 2.05. The average Bonchev–Trinajstić information content (AvgIpc) is 2.35. The van der Waals surface area contributed by atoms with E-state index in [1.165, 1.54) is 0 Å². The van der Waals surface area contributed by atoms with Crippen LogP contribution in [0.15, 0.2) is 24.5 Å². The summed E-state index contributed by atoms with van der Waals surface area (Å²) in [4.78, 5) is 4.11. The Morgan fingerprint density at radius 2 is 2.06 bits per heavy atom. The summed E-state index contributed by atoms with van der Waals surface area (Å²) in [5.41, 5.74) is 6.97. The molecule has 2 rings (SSSR count). The van der Waals surface area contributed by atoms with Crippen molar-refractivity contribution in [1.29, 1.82) is 0 Å². The zero-order valence-corrected chi connectivity index (χ0v) is 10.2. The Morgan fingerprint density at radius 3 is 2.65 bits per heavy atom. The highest BCUT2D eigenvalue weighted by molar-refractivity contribution is 5.89. The van der Waals surface area contributed by atoms with Gasteiger partial charge in [0, 0.05) is 29.4 Å². The number of nitrogens with two attached hydrogens (primary N) is 1. The molecule has 0 aliphatic carbocycles. The molecule has 1 aromatic carbocycles. The third kappa shape index (κ3) is 1.91. The van der Waals surface area contributed by atoms with Gasteiger partial charge in [-0.3, -0.25) is 4.98 Å². The van der Waals surface area contributed by atoms with Gasteiger partial charge < -0.3 is 15.2 Å². The highest BCUT2D eigenvalue weighted by Gasteiger charge is 2.17. The van der Waals surface area contributed by atoms with Crippen LogP contribution < -0.4 is 15.2 Å². The molecule has 0 radical (unpaired) electrons. The smallest absolute Gasteiger partial charge is 0.166 e. The van der Waals surface area contributed by atoms with E-state index in [4.69, 9.17) is 15.2 Å². The van der Waals surface area contributed by atoms with Crippen LogP contribution in [0.3, 0.4) is 0 Å². The molecule has 17 heavy (non-hydrogen) atoms. The van der Waals surface area contributed by atoms with Crippen LogP contribution in [0, 0.1) is 0 Å². The lowest BCUT2D eigenvalue weighted by atomic mass is 9.99. The van der Waals surface area contributed by atoms with Gasteiger partial charge in [0.25, 0.3) is 0 Å². The zero-order valence-electron chi connectivity index (χ0n) is 10.2. The lowest BCUT2D eigenvalue weighted by Crippen LogP contribution is -2.09. The fourth-order valence-electron chi connectivity index (χ4n) is 2.04. The Kier molecular flexibility index (Phi) is 3.15.